The summed E-state index contributed by atoms with van der Waals surface area (Å²) in [5.74, 6) is -1.74. The number of allylic oxidation sites excluding steroid dienone is 2. The maximum absolute atomic E-state index is 11.8. The van der Waals surface area contributed by atoms with Gasteiger partial charge in [-0.25, -0.2) is 0 Å². The molecule has 27 heavy (non-hydrogen) atoms. The van der Waals surface area contributed by atoms with Crippen LogP contribution in [0.4, 0.5) is 0 Å². The van der Waals surface area contributed by atoms with Gasteiger partial charge in [0.25, 0.3) is 0 Å². The van der Waals surface area contributed by atoms with E-state index in [0.29, 0.717) is 12.8 Å². The highest BCUT2D eigenvalue weighted by Crippen LogP contribution is 2.25. The molecule has 5 nitrogen and oxygen atoms in total. The Morgan fingerprint density at radius 3 is 1.26 bits per heavy atom. The predicted octanol–water partition coefficient (Wildman–Crippen LogP) is 4.40. The summed E-state index contributed by atoms with van der Waals surface area (Å²) >= 11 is 0. The largest absolute Gasteiger partial charge is 0.455 e. The number of hydrogen-bond acceptors (Lipinski definition) is 5. The van der Waals surface area contributed by atoms with Crippen molar-refractivity contribution in [2.24, 2.45) is 0 Å². The van der Waals surface area contributed by atoms with Gasteiger partial charge in [-0.2, -0.15) is 0 Å². The van der Waals surface area contributed by atoms with Gasteiger partial charge in [0, 0.05) is 12.8 Å². The van der Waals surface area contributed by atoms with Gasteiger partial charge in [0.05, 0.1) is 0 Å². The first-order chi connectivity index (χ1) is 12.2. The highest BCUT2D eigenvalue weighted by atomic mass is 28.4. The van der Waals surface area contributed by atoms with E-state index in [-0.39, 0.29) is 35.6 Å². The highest BCUT2D eigenvalue weighted by molar-refractivity contribution is 6.84. The second-order valence-electron chi connectivity index (χ2n) is 8.39. The lowest BCUT2D eigenvalue weighted by molar-refractivity contribution is -0.134. The van der Waals surface area contributed by atoms with Crippen LogP contribution in [0, 0.1) is 0 Å². The predicted molar refractivity (Wildman–Crippen MR) is 114 cm³/mol. The second-order valence-corrected chi connectivity index (χ2v) is 17.2. The van der Waals surface area contributed by atoms with Crippen molar-refractivity contribution < 1.29 is 23.3 Å². The fraction of sp³-hybridized carbons (Fsp3) is 0.600. The lowest BCUT2D eigenvalue weighted by Gasteiger charge is -2.34. The van der Waals surface area contributed by atoms with Gasteiger partial charge in [-0.1, -0.05) is 13.2 Å². The number of carbonyl (C=O) groups is 4. The molecule has 0 spiro atoms. The maximum atomic E-state index is 11.8. The molecule has 0 radical (unpaired) electrons. The summed E-state index contributed by atoms with van der Waals surface area (Å²) in [7, 11) is -3.95. The summed E-state index contributed by atoms with van der Waals surface area (Å²) in [5.41, 5.74) is 0.557. The van der Waals surface area contributed by atoms with E-state index in [1.807, 2.05) is 0 Å². The van der Waals surface area contributed by atoms with Crippen LogP contribution in [0.5, 0.6) is 0 Å². The Hall–Kier alpha value is -1.45. The van der Waals surface area contributed by atoms with Gasteiger partial charge in [-0.15, -0.1) is 0 Å². The molecular formula is C20H34O5Si2. The topological polar surface area (TPSA) is 77.5 Å². The number of Topliss-reactive ketones (excluding diaryl/α,β-unsaturated/α-hetero) is 4. The monoisotopic (exact) mass is 410 g/mol. The molecule has 0 atom stereocenters. The molecule has 0 saturated carbocycles. The molecule has 0 fully saturated rings. The van der Waals surface area contributed by atoms with Crippen LogP contribution in [-0.2, 0) is 23.3 Å². The van der Waals surface area contributed by atoms with Crippen molar-refractivity contribution >= 4 is 39.8 Å². The molecule has 0 saturated heterocycles. The van der Waals surface area contributed by atoms with Crippen molar-refractivity contribution in [3.8, 4) is 0 Å². The Balaban J connectivity index is 4.43. The van der Waals surface area contributed by atoms with E-state index < -0.39 is 28.2 Å². The van der Waals surface area contributed by atoms with Gasteiger partial charge in [0.2, 0.25) is 23.1 Å². The average molecular weight is 411 g/mol. The molecule has 0 aliphatic carbocycles. The first-order valence-electron chi connectivity index (χ1n) is 9.35. The number of carbonyl (C=O) groups excluding carboxylic acids is 4. The Morgan fingerprint density at radius 2 is 1.00 bits per heavy atom. The number of rotatable bonds is 14. The molecule has 0 aromatic heterocycles. The smallest absolute Gasteiger partial charge is 0.223 e. The fourth-order valence-corrected chi connectivity index (χ4v) is 11.8. The lowest BCUT2D eigenvalue weighted by atomic mass is 10.1. The summed E-state index contributed by atoms with van der Waals surface area (Å²) in [6, 6.07) is 1.59. The molecular weight excluding hydrogens is 376 g/mol. The average Bonchev–Trinajstić information content (AvgIpc) is 2.51. The molecule has 152 valence electrons. The third kappa shape index (κ3) is 10.5. The van der Waals surface area contributed by atoms with E-state index >= 15 is 0 Å². The quantitative estimate of drug-likeness (QED) is 0.241. The molecule has 0 amide bonds. The van der Waals surface area contributed by atoms with Crippen LogP contribution >= 0.6 is 0 Å². The normalized spacial score (nSPS) is 11.8. The summed E-state index contributed by atoms with van der Waals surface area (Å²) in [6.07, 6.45) is 1.72. The number of hydrogen-bond donors (Lipinski definition) is 0. The standard InChI is InChI=1S/C20H34O5Si2/c1-15(2)19(23)17(21)11-9-13-26(5,6)25-27(7,8)14-10-12-18(22)20(24)16(3)4/h1,3,9-14H2,2,4-8H3. The van der Waals surface area contributed by atoms with Crippen LogP contribution in [0.1, 0.15) is 39.5 Å². The Bertz CT molecular complexity index is 578. The molecule has 0 aliphatic rings. The molecule has 0 bridgehead atoms. The molecule has 7 heteroatoms. The van der Waals surface area contributed by atoms with Crippen LogP contribution in [0.3, 0.4) is 0 Å². The summed E-state index contributed by atoms with van der Waals surface area (Å²) in [5, 5.41) is 0. The maximum Gasteiger partial charge on any atom is 0.223 e. The molecule has 0 unspecified atom stereocenters. The Labute approximate surface area is 165 Å². The molecule has 0 rings (SSSR count). The van der Waals surface area contributed by atoms with Gasteiger partial charge in [-0.05, 0) is 76.1 Å². The van der Waals surface area contributed by atoms with Crippen molar-refractivity contribution in [1.82, 2.24) is 0 Å². The van der Waals surface area contributed by atoms with Crippen molar-refractivity contribution in [1.29, 1.82) is 0 Å². The lowest BCUT2D eigenvalue weighted by Crippen LogP contribution is -2.44. The third-order valence-electron chi connectivity index (χ3n) is 4.20. The third-order valence-corrected chi connectivity index (χ3v) is 11.7. The highest BCUT2D eigenvalue weighted by Gasteiger charge is 2.33. The van der Waals surface area contributed by atoms with Crippen LogP contribution < -0.4 is 0 Å². The van der Waals surface area contributed by atoms with Crippen LogP contribution in [0.2, 0.25) is 38.3 Å². The first kappa shape index (κ1) is 25.6. The Morgan fingerprint density at radius 1 is 0.704 bits per heavy atom. The minimum atomic E-state index is -1.97. The zero-order valence-corrected chi connectivity index (χ0v) is 19.7. The van der Waals surface area contributed by atoms with Gasteiger partial charge in [-0.3, -0.25) is 19.2 Å². The van der Waals surface area contributed by atoms with Crippen LogP contribution in [0.25, 0.3) is 0 Å². The minimum Gasteiger partial charge on any atom is -0.455 e. The van der Waals surface area contributed by atoms with Gasteiger partial charge in [0.15, 0.2) is 16.6 Å². The summed E-state index contributed by atoms with van der Waals surface area (Å²) < 4.78 is 6.46. The van der Waals surface area contributed by atoms with Crippen LogP contribution in [-0.4, -0.2) is 39.8 Å². The first-order valence-corrected chi connectivity index (χ1v) is 15.6. The van der Waals surface area contributed by atoms with Crippen molar-refractivity contribution in [3.63, 3.8) is 0 Å². The van der Waals surface area contributed by atoms with E-state index in [2.05, 4.69) is 39.3 Å². The molecule has 0 heterocycles. The van der Waals surface area contributed by atoms with E-state index in [9.17, 15) is 19.2 Å². The van der Waals surface area contributed by atoms with Gasteiger partial charge < -0.3 is 4.12 Å². The van der Waals surface area contributed by atoms with Gasteiger partial charge in [0.1, 0.15) is 0 Å². The van der Waals surface area contributed by atoms with Gasteiger partial charge >= 0.3 is 0 Å². The van der Waals surface area contributed by atoms with Crippen molar-refractivity contribution in [3.05, 3.63) is 24.3 Å². The zero-order chi connectivity index (χ0) is 21.4. The van der Waals surface area contributed by atoms with E-state index in [1.165, 1.54) is 0 Å². The molecule has 0 aromatic rings. The van der Waals surface area contributed by atoms with Crippen molar-refractivity contribution in [2.45, 2.75) is 77.8 Å². The van der Waals surface area contributed by atoms with Crippen LogP contribution in [0.15, 0.2) is 24.3 Å². The van der Waals surface area contributed by atoms with E-state index in [0.717, 1.165) is 12.1 Å². The zero-order valence-electron chi connectivity index (χ0n) is 17.7. The molecule has 0 N–H and O–H groups in total. The minimum absolute atomic E-state index is 0.227. The van der Waals surface area contributed by atoms with Crippen molar-refractivity contribution in [2.75, 3.05) is 0 Å². The summed E-state index contributed by atoms with van der Waals surface area (Å²) in [6.45, 7) is 18.6. The molecule has 0 aliphatic heterocycles. The SMILES string of the molecule is C=C(C)C(=O)C(=O)CCC[Si](C)(C)O[Si](C)(C)CCCC(=O)C(=O)C(=C)C. The molecule has 0 aromatic carbocycles. The number of ketones is 4. The van der Waals surface area contributed by atoms with E-state index in [1.54, 1.807) is 13.8 Å². The second kappa shape index (κ2) is 10.8. The Kier molecular flexibility index (Phi) is 10.2. The summed E-state index contributed by atoms with van der Waals surface area (Å²) in [4.78, 5) is 46.7. The fourth-order valence-electron chi connectivity index (χ4n) is 2.90. The van der Waals surface area contributed by atoms with E-state index in [4.69, 9.17) is 4.12 Å².